The van der Waals surface area contributed by atoms with Crippen LogP contribution < -0.4 is 5.32 Å². The van der Waals surface area contributed by atoms with Crippen LogP contribution in [0, 0.1) is 6.92 Å². The zero-order chi connectivity index (χ0) is 21.9. The third kappa shape index (κ3) is 7.69. The first-order valence-electron chi connectivity index (χ1n) is 10.4. The molecule has 0 fully saturated rings. The van der Waals surface area contributed by atoms with Crippen molar-refractivity contribution in [2.24, 2.45) is 0 Å². The third-order valence-corrected chi connectivity index (χ3v) is 6.29. The molecular formula is C24H31ClN2O2S. The van der Waals surface area contributed by atoms with Gasteiger partial charge in [0.1, 0.15) is 6.04 Å². The first kappa shape index (κ1) is 24.3. The molecule has 1 N–H and O–H groups in total. The summed E-state index contributed by atoms with van der Waals surface area (Å²) in [4.78, 5) is 28.4. The second kappa shape index (κ2) is 12.7. The van der Waals surface area contributed by atoms with Gasteiger partial charge in [0, 0.05) is 29.4 Å². The predicted molar refractivity (Wildman–Crippen MR) is 126 cm³/mol. The molecule has 0 spiro atoms. The van der Waals surface area contributed by atoms with Gasteiger partial charge in [-0.3, -0.25) is 9.59 Å². The highest BCUT2D eigenvalue weighted by molar-refractivity contribution is 7.99. The molecule has 2 aromatic rings. The molecule has 2 aromatic carbocycles. The van der Waals surface area contributed by atoms with E-state index in [-0.39, 0.29) is 11.8 Å². The third-order valence-electron chi connectivity index (χ3n) is 4.94. The van der Waals surface area contributed by atoms with Gasteiger partial charge in [-0.1, -0.05) is 42.8 Å². The van der Waals surface area contributed by atoms with Gasteiger partial charge in [-0.05, 0) is 67.8 Å². The van der Waals surface area contributed by atoms with Crippen molar-refractivity contribution in [3.8, 4) is 0 Å². The van der Waals surface area contributed by atoms with Crippen LogP contribution in [0.25, 0.3) is 0 Å². The summed E-state index contributed by atoms with van der Waals surface area (Å²) < 4.78 is 0. The van der Waals surface area contributed by atoms with E-state index in [2.05, 4.69) is 5.32 Å². The molecule has 0 heterocycles. The fraction of sp³-hybridized carbons (Fsp3) is 0.417. The average molecular weight is 447 g/mol. The van der Waals surface area contributed by atoms with Gasteiger partial charge in [0.2, 0.25) is 11.8 Å². The summed E-state index contributed by atoms with van der Waals surface area (Å²) >= 11 is 7.63. The van der Waals surface area contributed by atoms with Gasteiger partial charge in [-0.25, -0.2) is 0 Å². The summed E-state index contributed by atoms with van der Waals surface area (Å²) in [5, 5.41) is 3.63. The van der Waals surface area contributed by atoms with E-state index in [4.69, 9.17) is 11.6 Å². The van der Waals surface area contributed by atoms with Crippen LogP contribution in [-0.2, 0) is 16.1 Å². The van der Waals surface area contributed by atoms with Crippen molar-refractivity contribution in [2.75, 3.05) is 12.3 Å². The lowest BCUT2D eigenvalue weighted by molar-refractivity contribution is -0.140. The van der Waals surface area contributed by atoms with Crippen molar-refractivity contribution in [3.05, 3.63) is 64.7 Å². The van der Waals surface area contributed by atoms with Crippen LogP contribution in [-0.4, -0.2) is 35.1 Å². The number of carbonyl (C=O) groups excluding carboxylic acids is 2. The molecule has 4 nitrogen and oxygen atoms in total. The molecule has 1 atom stereocenters. The number of amides is 2. The summed E-state index contributed by atoms with van der Waals surface area (Å²) in [6.07, 6.45) is 2.03. The highest BCUT2D eigenvalue weighted by Gasteiger charge is 2.25. The number of nitrogens with zero attached hydrogens (tertiary/aromatic N) is 1. The molecule has 0 bridgehead atoms. The predicted octanol–water partition coefficient (Wildman–Crippen LogP) is 5.46. The van der Waals surface area contributed by atoms with Gasteiger partial charge in [0.15, 0.2) is 0 Å². The second-order valence-electron chi connectivity index (χ2n) is 7.32. The van der Waals surface area contributed by atoms with Gasteiger partial charge < -0.3 is 10.2 Å². The Kier molecular flexibility index (Phi) is 10.2. The Morgan fingerprint density at radius 2 is 1.83 bits per heavy atom. The van der Waals surface area contributed by atoms with Crippen LogP contribution in [0.1, 0.15) is 44.2 Å². The van der Waals surface area contributed by atoms with E-state index in [1.807, 2.05) is 69.3 Å². The minimum atomic E-state index is -0.507. The minimum Gasteiger partial charge on any atom is -0.354 e. The lowest BCUT2D eigenvalue weighted by Gasteiger charge is -2.29. The number of hydrogen-bond donors (Lipinski definition) is 1. The lowest BCUT2D eigenvalue weighted by atomic mass is 10.1. The van der Waals surface area contributed by atoms with Crippen molar-refractivity contribution in [1.29, 1.82) is 0 Å². The first-order valence-corrected chi connectivity index (χ1v) is 11.8. The Morgan fingerprint density at radius 3 is 2.50 bits per heavy atom. The quantitative estimate of drug-likeness (QED) is 0.368. The monoisotopic (exact) mass is 446 g/mol. The summed E-state index contributed by atoms with van der Waals surface area (Å²) in [5.74, 6) is 0.741. The van der Waals surface area contributed by atoms with Crippen molar-refractivity contribution < 1.29 is 9.59 Å². The van der Waals surface area contributed by atoms with Crippen LogP contribution >= 0.6 is 23.4 Å². The number of aryl methyl sites for hydroxylation is 1. The van der Waals surface area contributed by atoms with E-state index in [9.17, 15) is 9.59 Å². The average Bonchev–Trinajstić information content (AvgIpc) is 2.75. The summed E-state index contributed by atoms with van der Waals surface area (Å²) in [6, 6.07) is 15.2. The number of rotatable bonds is 11. The number of halogens is 1. The molecule has 0 saturated heterocycles. The number of hydrogen-bond acceptors (Lipinski definition) is 3. The van der Waals surface area contributed by atoms with E-state index in [0.717, 1.165) is 39.6 Å². The lowest BCUT2D eigenvalue weighted by Crippen LogP contribution is -2.47. The highest BCUT2D eigenvalue weighted by atomic mass is 35.5. The number of thioether (sulfide) groups is 1. The van der Waals surface area contributed by atoms with Crippen molar-refractivity contribution in [3.63, 3.8) is 0 Å². The number of benzene rings is 2. The van der Waals surface area contributed by atoms with E-state index in [0.29, 0.717) is 19.5 Å². The summed E-state index contributed by atoms with van der Waals surface area (Å²) in [7, 11) is 0. The van der Waals surface area contributed by atoms with E-state index >= 15 is 0 Å². The van der Waals surface area contributed by atoms with E-state index in [1.165, 1.54) is 0 Å². The number of nitrogens with one attached hydrogen (secondary N) is 1. The van der Waals surface area contributed by atoms with E-state index < -0.39 is 6.04 Å². The molecule has 0 saturated carbocycles. The Morgan fingerprint density at radius 1 is 1.13 bits per heavy atom. The largest absolute Gasteiger partial charge is 0.354 e. The molecule has 0 aromatic heterocycles. The van der Waals surface area contributed by atoms with Crippen molar-refractivity contribution in [2.45, 2.75) is 57.5 Å². The maximum absolute atomic E-state index is 13.1. The molecule has 1 unspecified atom stereocenters. The Hall–Kier alpha value is -1.98. The molecule has 0 aliphatic rings. The smallest absolute Gasteiger partial charge is 0.242 e. The molecule has 30 heavy (non-hydrogen) atoms. The SMILES string of the molecule is CCCNC(=O)C(C)N(Cc1ccccc1C)C(=O)CCCSc1ccc(Cl)cc1. The normalized spacial score (nSPS) is 11.7. The molecule has 162 valence electrons. The summed E-state index contributed by atoms with van der Waals surface area (Å²) in [5.41, 5.74) is 2.19. The molecule has 0 aliphatic carbocycles. The van der Waals surface area contributed by atoms with Crippen LogP contribution in [0.15, 0.2) is 53.4 Å². The van der Waals surface area contributed by atoms with Crippen LogP contribution in [0.2, 0.25) is 5.02 Å². The van der Waals surface area contributed by atoms with Crippen molar-refractivity contribution in [1.82, 2.24) is 10.2 Å². The fourth-order valence-corrected chi connectivity index (χ4v) is 4.02. The number of carbonyl (C=O) groups is 2. The topological polar surface area (TPSA) is 49.4 Å². The molecule has 2 rings (SSSR count). The molecular weight excluding hydrogens is 416 g/mol. The zero-order valence-corrected chi connectivity index (χ0v) is 19.6. The van der Waals surface area contributed by atoms with Gasteiger partial charge in [0.25, 0.3) is 0 Å². The maximum atomic E-state index is 13.1. The Labute approximate surface area is 189 Å². The van der Waals surface area contributed by atoms with Crippen LogP contribution in [0.5, 0.6) is 0 Å². The molecule has 0 aliphatic heterocycles. The second-order valence-corrected chi connectivity index (χ2v) is 8.93. The summed E-state index contributed by atoms with van der Waals surface area (Å²) in [6.45, 7) is 6.91. The Balaban J connectivity index is 1.98. The Bertz CT molecular complexity index is 826. The minimum absolute atomic E-state index is 0.00843. The molecule has 6 heteroatoms. The maximum Gasteiger partial charge on any atom is 0.242 e. The van der Waals surface area contributed by atoms with Gasteiger partial charge >= 0.3 is 0 Å². The standard InChI is InChI=1S/C24H31ClN2O2S/c1-4-15-26-24(29)19(3)27(17-20-9-6-5-8-18(20)2)23(28)10-7-16-30-22-13-11-21(25)12-14-22/h5-6,8-9,11-14,19H,4,7,10,15-17H2,1-3H3,(H,26,29). The van der Waals surface area contributed by atoms with Crippen LogP contribution in [0.4, 0.5) is 0 Å². The zero-order valence-electron chi connectivity index (χ0n) is 18.0. The van der Waals surface area contributed by atoms with Gasteiger partial charge in [-0.2, -0.15) is 0 Å². The van der Waals surface area contributed by atoms with E-state index in [1.54, 1.807) is 16.7 Å². The molecule has 0 radical (unpaired) electrons. The van der Waals surface area contributed by atoms with Crippen LogP contribution in [0.3, 0.4) is 0 Å². The highest BCUT2D eigenvalue weighted by Crippen LogP contribution is 2.22. The van der Waals surface area contributed by atoms with Gasteiger partial charge in [0.05, 0.1) is 0 Å². The first-order chi connectivity index (χ1) is 14.4. The van der Waals surface area contributed by atoms with Gasteiger partial charge in [-0.15, -0.1) is 11.8 Å². The van der Waals surface area contributed by atoms with Crippen molar-refractivity contribution >= 4 is 35.2 Å². The fourth-order valence-electron chi connectivity index (χ4n) is 3.04. The molecule has 2 amide bonds.